The second kappa shape index (κ2) is 9.15. The van der Waals surface area contributed by atoms with Crippen molar-refractivity contribution < 1.29 is 24.5 Å². The number of ether oxygens (including phenoxy) is 1. The Hall–Kier alpha value is -3.56. The molecule has 0 aliphatic carbocycles. The molecule has 3 aromatic rings. The molecule has 9 heteroatoms. The topological polar surface area (TPSA) is 109 Å². The largest absolute Gasteiger partial charge is 0.508 e. The van der Waals surface area contributed by atoms with Crippen LogP contribution < -0.4 is 4.74 Å². The first-order valence-electron chi connectivity index (χ1n) is 12.2. The summed E-state index contributed by atoms with van der Waals surface area (Å²) in [6, 6.07) is 12.1. The lowest BCUT2D eigenvalue weighted by Crippen LogP contribution is -2.53. The van der Waals surface area contributed by atoms with Gasteiger partial charge in [0.25, 0.3) is 5.91 Å². The number of aliphatic hydroxyl groups excluding tert-OH is 1. The van der Waals surface area contributed by atoms with Crippen molar-refractivity contribution in [2.75, 3.05) is 40.4 Å². The highest BCUT2D eigenvalue weighted by molar-refractivity contribution is 6.08. The third-order valence-electron chi connectivity index (χ3n) is 7.51. The maximum atomic E-state index is 13.8. The van der Waals surface area contributed by atoms with Gasteiger partial charge in [-0.2, -0.15) is 0 Å². The van der Waals surface area contributed by atoms with Crippen molar-refractivity contribution in [1.29, 1.82) is 0 Å². The first kappa shape index (κ1) is 24.1. The van der Waals surface area contributed by atoms with Gasteiger partial charge in [0.15, 0.2) is 0 Å². The lowest BCUT2D eigenvalue weighted by Gasteiger charge is -2.42. The number of H-pyrrole nitrogens is 1. The fourth-order valence-electron chi connectivity index (χ4n) is 5.63. The molecule has 5 rings (SSSR count). The number of carbonyl (C=O) groups is 2. The van der Waals surface area contributed by atoms with Crippen LogP contribution in [0, 0.1) is 0 Å². The molecule has 3 heterocycles. The number of methoxy groups -OCH3 is 1. The lowest BCUT2D eigenvalue weighted by molar-refractivity contribution is -0.133. The highest BCUT2D eigenvalue weighted by Gasteiger charge is 2.59. The van der Waals surface area contributed by atoms with E-state index >= 15 is 0 Å². The van der Waals surface area contributed by atoms with Gasteiger partial charge in [-0.1, -0.05) is 12.1 Å². The van der Waals surface area contributed by atoms with Crippen LogP contribution in [0.4, 0.5) is 4.79 Å². The number of aliphatic hydroxyl groups is 1. The van der Waals surface area contributed by atoms with Crippen molar-refractivity contribution in [1.82, 2.24) is 19.7 Å². The summed E-state index contributed by atoms with van der Waals surface area (Å²) in [4.78, 5) is 36.1. The Bertz CT molecular complexity index is 1320. The van der Waals surface area contributed by atoms with E-state index < -0.39 is 11.6 Å². The number of fused-ring (bicyclic) bond motifs is 4. The number of likely N-dealkylation sites (N-methyl/N-ethyl adjacent to an activating group) is 1. The van der Waals surface area contributed by atoms with Crippen LogP contribution in [-0.2, 0) is 17.6 Å². The van der Waals surface area contributed by atoms with Gasteiger partial charge in [-0.25, -0.2) is 4.79 Å². The summed E-state index contributed by atoms with van der Waals surface area (Å²) in [6.45, 7) is 3.06. The number of nitrogens with one attached hydrogen (secondary N) is 1. The molecule has 1 aromatic heterocycles. The highest BCUT2D eigenvalue weighted by Crippen LogP contribution is 2.47. The van der Waals surface area contributed by atoms with E-state index in [9.17, 15) is 19.8 Å². The van der Waals surface area contributed by atoms with Gasteiger partial charge in [0.05, 0.1) is 19.8 Å². The number of phenols is 1. The summed E-state index contributed by atoms with van der Waals surface area (Å²) in [5.41, 5.74) is 2.66. The summed E-state index contributed by atoms with van der Waals surface area (Å²) in [6.07, 6.45) is 0.831. The summed E-state index contributed by atoms with van der Waals surface area (Å²) >= 11 is 0. The molecule has 9 nitrogen and oxygen atoms in total. The zero-order chi connectivity index (χ0) is 25.6. The molecule has 0 radical (unpaired) electrons. The van der Waals surface area contributed by atoms with Crippen LogP contribution in [0.3, 0.4) is 0 Å². The Balaban J connectivity index is 1.59. The number of aromatic nitrogens is 1. The molecule has 2 atom stereocenters. The molecule has 2 aliphatic rings. The third-order valence-corrected chi connectivity index (χ3v) is 7.51. The zero-order valence-corrected chi connectivity index (χ0v) is 20.8. The highest BCUT2D eigenvalue weighted by atomic mass is 16.5. The van der Waals surface area contributed by atoms with Crippen LogP contribution in [-0.4, -0.2) is 87.8 Å². The average molecular weight is 493 g/mol. The van der Waals surface area contributed by atoms with Crippen molar-refractivity contribution in [3.8, 4) is 11.5 Å². The molecule has 3 amide bonds. The van der Waals surface area contributed by atoms with Gasteiger partial charge in [-0.15, -0.1) is 0 Å². The molecule has 0 saturated carbocycles. The quantitative estimate of drug-likeness (QED) is 0.417. The molecule has 36 heavy (non-hydrogen) atoms. The van der Waals surface area contributed by atoms with Gasteiger partial charge in [0, 0.05) is 42.7 Å². The monoisotopic (exact) mass is 492 g/mol. The molecule has 2 aromatic carbocycles. The van der Waals surface area contributed by atoms with E-state index in [1.165, 1.54) is 4.90 Å². The minimum Gasteiger partial charge on any atom is -0.508 e. The molecule has 0 spiro atoms. The summed E-state index contributed by atoms with van der Waals surface area (Å²) in [7, 11) is 3.48. The van der Waals surface area contributed by atoms with Crippen LogP contribution in [0.1, 0.15) is 29.8 Å². The van der Waals surface area contributed by atoms with E-state index in [0.717, 1.165) is 33.5 Å². The lowest BCUT2D eigenvalue weighted by atomic mass is 9.81. The number of aromatic hydroxyl groups is 1. The number of benzene rings is 2. The summed E-state index contributed by atoms with van der Waals surface area (Å²) in [5.74, 6) is 0.669. The third kappa shape index (κ3) is 3.88. The number of phenolic OH excluding ortho intramolecular Hbond substituents is 1. The van der Waals surface area contributed by atoms with Crippen LogP contribution in [0.25, 0.3) is 10.9 Å². The average Bonchev–Trinajstić information content (AvgIpc) is 3.29. The van der Waals surface area contributed by atoms with Crippen molar-refractivity contribution in [2.45, 2.75) is 31.3 Å². The van der Waals surface area contributed by atoms with E-state index in [1.54, 1.807) is 30.2 Å². The second-order valence-electron chi connectivity index (χ2n) is 9.91. The number of nitrogens with zero attached hydrogens (tertiary/aromatic N) is 3. The number of hydrogen-bond donors (Lipinski definition) is 3. The number of urea groups is 1. The van der Waals surface area contributed by atoms with E-state index in [4.69, 9.17) is 4.74 Å². The fourth-order valence-corrected chi connectivity index (χ4v) is 5.63. The minimum absolute atomic E-state index is 0.0133. The van der Waals surface area contributed by atoms with Gasteiger partial charge < -0.3 is 29.7 Å². The first-order valence-corrected chi connectivity index (χ1v) is 12.2. The van der Waals surface area contributed by atoms with Gasteiger partial charge >= 0.3 is 6.03 Å². The standard InChI is InChI=1S/C27H32N4O5/c1-27-16-21-20-15-19(36-3)7-8-22(20)28-24(21)23(14-17-5-4-6-18(33)13-17)31(27)26(35)30(25(27)34)10-9-29(2)11-12-32/h4-8,13,15,23,28,32-33H,9-12,14,16H2,1-3H3/t23?,27-/m0/s1. The van der Waals surface area contributed by atoms with E-state index in [1.807, 2.05) is 43.1 Å². The molecule has 2 aliphatic heterocycles. The fraction of sp³-hybridized carbons (Fsp3) is 0.407. The molecule has 1 fully saturated rings. The molecular weight excluding hydrogens is 460 g/mol. The van der Waals surface area contributed by atoms with Gasteiger partial charge in [-0.05, 0) is 61.9 Å². The molecule has 3 N–H and O–H groups in total. The number of rotatable bonds is 8. The van der Waals surface area contributed by atoms with Gasteiger partial charge in [0.1, 0.15) is 17.0 Å². The molecule has 1 unspecified atom stereocenters. The van der Waals surface area contributed by atoms with Gasteiger partial charge in [0.2, 0.25) is 0 Å². The molecule has 1 saturated heterocycles. The van der Waals surface area contributed by atoms with Crippen LogP contribution >= 0.6 is 0 Å². The Morgan fingerprint density at radius 3 is 2.72 bits per heavy atom. The normalized spacial score (nSPS) is 21.4. The molecule has 0 bridgehead atoms. The number of amides is 3. The Labute approximate surface area is 209 Å². The van der Waals surface area contributed by atoms with Crippen molar-refractivity contribution in [2.24, 2.45) is 0 Å². The number of imide groups is 1. The van der Waals surface area contributed by atoms with Crippen molar-refractivity contribution >= 4 is 22.8 Å². The zero-order valence-electron chi connectivity index (χ0n) is 20.8. The smallest absolute Gasteiger partial charge is 0.328 e. The van der Waals surface area contributed by atoms with Gasteiger partial charge in [-0.3, -0.25) is 9.69 Å². The second-order valence-corrected chi connectivity index (χ2v) is 9.91. The minimum atomic E-state index is -1.04. The maximum absolute atomic E-state index is 13.8. The Kier molecular flexibility index (Phi) is 6.13. The van der Waals surface area contributed by atoms with Crippen molar-refractivity contribution in [3.05, 3.63) is 59.3 Å². The van der Waals surface area contributed by atoms with E-state index in [0.29, 0.717) is 25.9 Å². The van der Waals surface area contributed by atoms with E-state index in [-0.39, 0.29) is 30.8 Å². The Morgan fingerprint density at radius 2 is 2.00 bits per heavy atom. The number of carbonyl (C=O) groups excluding carboxylic acids is 2. The molecule has 190 valence electrons. The van der Waals surface area contributed by atoms with Crippen molar-refractivity contribution in [3.63, 3.8) is 0 Å². The summed E-state index contributed by atoms with van der Waals surface area (Å²) < 4.78 is 5.46. The first-order chi connectivity index (χ1) is 17.3. The SMILES string of the molecule is COc1ccc2[nH]c3c(c2c1)C[C@@]1(C)C(=O)N(CCN(C)CCO)C(=O)N1C3Cc1cccc(O)c1. The Morgan fingerprint density at radius 1 is 1.19 bits per heavy atom. The summed E-state index contributed by atoms with van der Waals surface area (Å²) in [5, 5.41) is 20.3. The van der Waals surface area contributed by atoms with E-state index in [2.05, 4.69) is 4.98 Å². The van der Waals surface area contributed by atoms with Crippen LogP contribution in [0.2, 0.25) is 0 Å². The van der Waals surface area contributed by atoms with Crippen LogP contribution in [0.15, 0.2) is 42.5 Å². The molecular formula is C27H32N4O5. The maximum Gasteiger partial charge on any atom is 0.328 e. The predicted octanol–water partition coefficient (Wildman–Crippen LogP) is 2.67. The van der Waals surface area contributed by atoms with Crippen LogP contribution in [0.5, 0.6) is 11.5 Å². The number of hydrogen-bond acceptors (Lipinski definition) is 6. The predicted molar refractivity (Wildman–Crippen MR) is 135 cm³/mol. The number of aromatic amines is 1.